The van der Waals surface area contributed by atoms with Crippen molar-refractivity contribution in [3.63, 3.8) is 0 Å². The molecular weight excluding hydrogens is 663 g/mol. The van der Waals surface area contributed by atoms with Crippen LogP contribution in [-0.2, 0) is 14.9 Å². The van der Waals surface area contributed by atoms with Crippen LogP contribution >= 0.6 is 0 Å². The van der Waals surface area contributed by atoms with Gasteiger partial charge in [0.1, 0.15) is 12.2 Å². The third-order valence-corrected chi connectivity index (χ3v) is 10.6. The van der Waals surface area contributed by atoms with E-state index in [0.29, 0.717) is 6.54 Å². The highest BCUT2D eigenvalue weighted by molar-refractivity contribution is 5.86. The first-order chi connectivity index (χ1) is 25.5. The Morgan fingerprint density at radius 3 is 1.96 bits per heavy atom. The number of alkyl carbamates (subject to hydrolysis) is 1. The van der Waals surface area contributed by atoms with Crippen molar-refractivity contribution >= 4 is 23.4 Å². The average molecular weight is 714 g/mol. The molecule has 10 nitrogen and oxygen atoms in total. The lowest BCUT2D eigenvalue weighted by molar-refractivity contribution is -0.135. The van der Waals surface area contributed by atoms with E-state index in [2.05, 4.69) is 137 Å². The first-order valence-electron chi connectivity index (χ1n) is 18.6. The number of hydrogen-bond donors (Lipinski definition) is 5. The maximum Gasteiger partial charge on any atom is 0.407 e. The largest absolute Gasteiger partial charge is 0.453 e. The molecule has 53 heavy (non-hydrogen) atoms. The van der Waals surface area contributed by atoms with Crippen LogP contribution in [0.25, 0.3) is 39.6 Å². The van der Waals surface area contributed by atoms with Crippen LogP contribution in [0.15, 0.2) is 97.3 Å². The number of aromatic nitrogens is 1. The highest BCUT2D eigenvalue weighted by atomic mass is 16.5. The number of amides is 2. The van der Waals surface area contributed by atoms with Crippen LogP contribution in [-0.4, -0.2) is 60.0 Å². The average Bonchev–Trinajstić information content (AvgIpc) is 4.00. The van der Waals surface area contributed by atoms with Crippen molar-refractivity contribution in [2.45, 2.75) is 71.1 Å². The molecule has 10 heteroatoms. The Hall–Kier alpha value is -5.64. The summed E-state index contributed by atoms with van der Waals surface area (Å²) >= 11 is 0. The van der Waals surface area contributed by atoms with Crippen molar-refractivity contribution in [2.24, 2.45) is 5.92 Å². The van der Waals surface area contributed by atoms with E-state index in [1.165, 1.54) is 12.7 Å². The van der Waals surface area contributed by atoms with Gasteiger partial charge in [-0.2, -0.15) is 0 Å². The smallest absolute Gasteiger partial charge is 0.407 e. The maximum atomic E-state index is 13.7. The molecule has 276 valence electrons. The Morgan fingerprint density at radius 2 is 1.42 bits per heavy atom. The second-order valence-electron chi connectivity index (χ2n) is 15.5. The van der Waals surface area contributed by atoms with Gasteiger partial charge in [0.25, 0.3) is 0 Å². The standard InChI is InChI=1S/C43H51N7O3/c1-27(2)39(48-42(52)53-6)41(51)49-23-7-8-38(49)40-45-25-35(47-40)29-11-15-31(16-12-29)37-22-21-36(30-13-9-28(10-14-30)34-24-44-26-46-34)50(37)33-19-17-32(18-20-33)43(3,4)5/h9-22,24-25,27,38-40,44-47H,7-8,23,26H2,1-6H3,(H,48,52)/t38-,39-,40?/m0/s1. The third-order valence-electron chi connectivity index (χ3n) is 10.6. The van der Waals surface area contributed by atoms with Crippen molar-refractivity contribution in [2.75, 3.05) is 20.3 Å². The summed E-state index contributed by atoms with van der Waals surface area (Å²) in [6, 6.07) is 30.0. The molecule has 1 fully saturated rings. The molecule has 4 heterocycles. The van der Waals surface area contributed by atoms with Crippen LogP contribution in [0.5, 0.6) is 0 Å². The minimum Gasteiger partial charge on any atom is -0.453 e. The Kier molecular flexibility index (Phi) is 9.96. The maximum absolute atomic E-state index is 13.7. The van der Waals surface area contributed by atoms with Crippen molar-refractivity contribution in [3.05, 3.63) is 114 Å². The summed E-state index contributed by atoms with van der Waals surface area (Å²) in [5.74, 6) is -0.156. The molecule has 3 aliphatic rings. The van der Waals surface area contributed by atoms with Crippen molar-refractivity contribution < 1.29 is 14.3 Å². The van der Waals surface area contributed by atoms with E-state index < -0.39 is 12.1 Å². The number of nitrogens with one attached hydrogen (secondary N) is 5. The van der Waals surface area contributed by atoms with E-state index in [1.54, 1.807) is 0 Å². The lowest BCUT2D eigenvalue weighted by Crippen LogP contribution is -2.57. The van der Waals surface area contributed by atoms with Gasteiger partial charge >= 0.3 is 6.09 Å². The normalized spacial score (nSPS) is 18.7. The van der Waals surface area contributed by atoms with Crippen molar-refractivity contribution in [3.8, 4) is 28.2 Å². The molecule has 5 N–H and O–H groups in total. The summed E-state index contributed by atoms with van der Waals surface area (Å²) in [4.78, 5) is 27.6. The number of carbonyl (C=O) groups excluding carboxylic acids is 2. The second-order valence-corrected chi connectivity index (χ2v) is 15.5. The SMILES string of the molecule is COC(=O)N[C@H](C(=O)N1CCC[C@H]1C1NC=C(c2ccc(-c3ccc(-c4ccc(C5=CNCN5)cc4)n3-c3ccc(C(C)(C)C)cc3)cc2)N1)C(C)C. The molecule has 0 bridgehead atoms. The zero-order valence-corrected chi connectivity index (χ0v) is 31.5. The van der Waals surface area contributed by atoms with Gasteiger partial charge in [-0.3, -0.25) is 4.79 Å². The second kappa shape index (κ2) is 14.8. The van der Waals surface area contributed by atoms with Gasteiger partial charge in [0.15, 0.2) is 0 Å². The summed E-state index contributed by atoms with van der Waals surface area (Å²) in [6.45, 7) is 12.0. The molecular formula is C43H51N7O3. The van der Waals surface area contributed by atoms with Gasteiger partial charge in [-0.1, -0.05) is 95.3 Å². The molecule has 3 aliphatic heterocycles. The molecule has 3 atom stereocenters. The molecule has 0 aliphatic carbocycles. The molecule has 0 spiro atoms. The molecule has 2 amide bonds. The Bertz CT molecular complexity index is 2000. The number of methoxy groups -OCH3 is 1. The zero-order valence-electron chi connectivity index (χ0n) is 31.5. The number of hydrogen-bond acceptors (Lipinski definition) is 7. The quantitative estimate of drug-likeness (QED) is 0.131. The van der Waals surface area contributed by atoms with E-state index in [0.717, 1.165) is 70.2 Å². The summed E-state index contributed by atoms with van der Waals surface area (Å²) in [7, 11) is 1.31. The molecule has 4 aromatic rings. The molecule has 1 aromatic heterocycles. The molecule has 0 radical (unpaired) electrons. The topological polar surface area (TPSA) is 112 Å². The van der Waals surface area contributed by atoms with Crippen LogP contribution in [0.4, 0.5) is 4.79 Å². The summed E-state index contributed by atoms with van der Waals surface area (Å²) in [6.07, 6.45) is 5.05. The monoisotopic (exact) mass is 713 g/mol. The minimum absolute atomic E-state index is 0.0560. The van der Waals surface area contributed by atoms with Crippen LogP contribution in [0, 0.1) is 5.92 Å². The fraction of sp³-hybridized carbons (Fsp3) is 0.349. The van der Waals surface area contributed by atoms with Gasteiger partial charge < -0.3 is 40.8 Å². The van der Waals surface area contributed by atoms with E-state index in [4.69, 9.17) is 4.74 Å². The van der Waals surface area contributed by atoms with Crippen LogP contribution in [0.2, 0.25) is 0 Å². The van der Waals surface area contributed by atoms with Gasteiger partial charge in [-0.05, 0) is 76.3 Å². The number of carbonyl (C=O) groups is 2. The third kappa shape index (κ3) is 7.36. The Balaban J connectivity index is 1.12. The first-order valence-corrected chi connectivity index (χ1v) is 18.6. The fourth-order valence-electron chi connectivity index (χ4n) is 7.54. The first kappa shape index (κ1) is 35.7. The molecule has 0 saturated carbocycles. The number of nitrogens with zero attached hydrogens (tertiary/aromatic N) is 2. The van der Waals surface area contributed by atoms with E-state index in [1.807, 2.05) is 31.1 Å². The molecule has 1 saturated heterocycles. The van der Waals surface area contributed by atoms with Crippen LogP contribution in [0.3, 0.4) is 0 Å². The van der Waals surface area contributed by atoms with Crippen LogP contribution < -0.4 is 26.6 Å². The predicted molar refractivity (Wildman–Crippen MR) is 211 cm³/mol. The molecule has 3 aromatic carbocycles. The Morgan fingerprint density at radius 1 is 0.811 bits per heavy atom. The van der Waals surface area contributed by atoms with Gasteiger partial charge in [-0.15, -0.1) is 0 Å². The van der Waals surface area contributed by atoms with Crippen LogP contribution in [0.1, 0.15) is 64.2 Å². The van der Waals surface area contributed by atoms with Crippen molar-refractivity contribution in [1.29, 1.82) is 0 Å². The van der Waals surface area contributed by atoms with E-state index >= 15 is 0 Å². The van der Waals surface area contributed by atoms with Gasteiger partial charge in [0.05, 0.1) is 42.6 Å². The minimum atomic E-state index is -0.649. The number of rotatable bonds is 9. The lowest BCUT2D eigenvalue weighted by Gasteiger charge is -2.34. The predicted octanol–water partition coefficient (Wildman–Crippen LogP) is 6.75. The summed E-state index contributed by atoms with van der Waals surface area (Å²) in [5, 5.41) is 16.5. The van der Waals surface area contributed by atoms with Gasteiger partial charge in [-0.25, -0.2) is 4.79 Å². The summed E-state index contributed by atoms with van der Waals surface area (Å²) < 4.78 is 7.14. The number of ether oxygens (including phenoxy) is 1. The van der Waals surface area contributed by atoms with E-state index in [9.17, 15) is 9.59 Å². The molecule has 1 unspecified atom stereocenters. The number of benzene rings is 3. The highest BCUT2D eigenvalue weighted by Gasteiger charge is 2.40. The van der Waals surface area contributed by atoms with Crippen molar-refractivity contribution in [1.82, 2.24) is 36.1 Å². The van der Waals surface area contributed by atoms with E-state index in [-0.39, 0.29) is 29.4 Å². The Labute approximate surface area is 312 Å². The summed E-state index contributed by atoms with van der Waals surface area (Å²) in [5.41, 5.74) is 11.2. The number of likely N-dealkylation sites (tertiary alicyclic amines) is 1. The highest BCUT2D eigenvalue weighted by Crippen LogP contribution is 2.35. The van der Waals surface area contributed by atoms with Gasteiger partial charge in [0, 0.05) is 24.6 Å². The van der Waals surface area contributed by atoms with Gasteiger partial charge in [0.2, 0.25) is 5.91 Å². The molecule has 7 rings (SSSR count). The fourth-order valence-corrected chi connectivity index (χ4v) is 7.54. The zero-order chi connectivity index (χ0) is 37.3. The lowest BCUT2D eigenvalue weighted by atomic mass is 9.87.